The minimum absolute atomic E-state index is 0.0855. The zero-order valence-electron chi connectivity index (χ0n) is 11.6. The Kier molecular flexibility index (Phi) is 4.12. The molecule has 1 amide bonds. The summed E-state index contributed by atoms with van der Waals surface area (Å²) in [5.41, 5.74) is -0.496. The summed E-state index contributed by atoms with van der Waals surface area (Å²) in [4.78, 5) is 16.3. The lowest BCUT2D eigenvalue weighted by molar-refractivity contribution is 0.0591. The van der Waals surface area contributed by atoms with E-state index in [0.29, 0.717) is 61.2 Å². The van der Waals surface area contributed by atoms with Crippen molar-refractivity contribution in [3.63, 3.8) is 0 Å². The van der Waals surface area contributed by atoms with Crippen molar-refractivity contribution in [2.24, 2.45) is 0 Å². The summed E-state index contributed by atoms with van der Waals surface area (Å²) >= 11 is 11.9. The standard InChI is InChI=1S/C15H17Cl2FN2O/c16-11-1-2-12(13(17)9-11)14(21)20-7-5-19(6-8-20)10-15(18)3-4-15/h1-2,9H,3-8,10H2. The van der Waals surface area contributed by atoms with Crippen LogP contribution in [0.15, 0.2) is 18.2 Å². The van der Waals surface area contributed by atoms with Crippen molar-refractivity contribution < 1.29 is 9.18 Å². The molecule has 21 heavy (non-hydrogen) atoms. The molecule has 1 aromatic rings. The summed E-state index contributed by atoms with van der Waals surface area (Å²) in [5.74, 6) is -0.0855. The lowest BCUT2D eigenvalue weighted by Crippen LogP contribution is -2.50. The molecule has 1 saturated carbocycles. The van der Waals surface area contributed by atoms with E-state index in [9.17, 15) is 9.18 Å². The van der Waals surface area contributed by atoms with Gasteiger partial charge < -0.3 is 4.90 Å². The average molecular weight is 331 g/mol. The van der Waals surface area contributed by atoms with Gasteiger partial charge in [0.1, 0.15) is 5.67 Å². The van der Waals surface area contributed by atoms with Gasteiger partial charge in [0, 0.05) is 37.7 Å². The minimum Gasteiger partial charge on any atom is -0.336 e. The molecule has 0 bridgehead atoms. The average Bonchev–Trinajstić information content (AvgIpc) is 3.16. The maximum atomic E-state index is 13.7. The molecule has 1 aliphatic carbocycles. The molecule has 0 atom stereocenters. The number of carbonyl (C=O) groups excluding carboxylic acids is 1. The van der Waals surface area contributed by atoms with Crippen LogP contribution < -0.4 is 0 Å². The SMILES string of the molecule is O=C(c1ccc(Cl)cc1Cl)N1CCN(CC2(F)CC2)CC1. The van der Waals surface area contributed by atoms with Gasteiger partial charge in [-0.25, -0.2) is 4.39 Å². The minimum atomic E-state index is -0.967. The van der Waals surface area contributed by atoms with Crippen LogP contribution in [0.3, 0.4) is 0 Å². The highest BCUT2D eigenvalue weighted by Crippen LogP contribution is 2.40. The van der Waals surface area contributed by atoms with Crippen molar-refractivity contribution in [1.29, 1.82) is 0 Å². The van der Waals surface area contributed by atoms with E-state index in [4.69, 9.17) is 23.2 Å². The summed E-state index contributed by atoms with van der Waals surface area (Å²) in [6.45, 7) is 3.13. The third-order valence-electron chi connectivity index (χ3n) is 4.12. The number of halogens is 3. The van der Waals surface area contributed by atoms with E-state index >= 15 is 0 Å². The molecular formula is C15H17Cl2FN2O. The maximum absolute atomic E-state index is 13.7. The molecule has 6 heteroatoms. The smallest absolute Gasteiger partial charge is 0.255 e. The highest BCUT2D eigenvalue weighted by Gasteiger charge is 2.44. The fourth-order valence-electron chi connectivity index (χ4n) is 2.64. The normalized spacial score (nSPS) is 21.4. The summed E-state index contributed by atoms with van der Waals surface area (Å²) in [5, 5.41) is 0.884. The van der Waals surface area contributed by atoms with E-state index in [1.54, 1.807) is 23.1 Å². The lowest BCUT2D eigenvalue weighted by Gasteiger charge is -2.35. The molecule has 2 aliphatic rings. The quantitative estimate of drug-likeness (QED) is 0.849. The molecule has 1 aromatic carbocycles. The van der Waals surface area contributed by atoms with Gasteiger partial charge in [-0.2, -0.15) is 0 Å². The Hall–Kier alpha value is -0.840. The molecule has 1 heterocycles. The van der Waals surface area contributed by atoms with Crippen LogP contribution in [0.5, 0.6) is 0 Å². The van der Waals surface area contributed by atoms with E-state index < -0.39 is 5.67 Å². The first-order valence-electron chi connectivity index (χ1n) is 7.12. The summed E-state index contributed by atoms with van der Waals surface area (Å²) in [7, 11) is 0. The van der Waals surface area contributed by atoms with E-state index in [-0.39, 0.29) is 5.91 Å². The van der Waals surface area contributed by atoms with Gasteiger partial charge in [-0.1, -0.05) is 23.2 Å². The van der Waals surface area contributed by atoms with Crippen molar-refractivity contribution in [2.45, 2.75) is 18.5 Å². The molecule has 1 aliphatic heterocycles. The third-order valence-corrected chi connectivity index (χ3v) is 4.67. The zero-order valence-corrected chi connectivity index (χ0v) is 13.1. The molecule has 2 fully saturated rings. The molecule has 3 nitrogen and oxygen atoms in total. The molecular weight excluding hydrogens is 314 g/mol. The monoisotopic (exact) mass is 330 g/mol. The molecule has 1 saturated heterocycles. The fourth-order valence-corrected chi connectivity index (χ4v) is 3.13. The van der Waals surface area contributed by atoms with Crippen molar-refractivity contribution in [1.82, 2.24) is 9.80 Å². The van der Waals surface area contributed by atoms with Gasteiger partial charge in [-0.05, 0) is 31.0 Å². The molecule has 0 aromatic heterocycles. The van der Waals surface area contributed by atoms with Crippen LogP contribution in [-0.2, 0) is 0 Å². The highest BCUT2D eigenvalue weighted by molar-refractivity contribution is 6.36. The Bertz CT molecular complexity index is 555. The van der Waals surface area contributed by atoms with E-state index in [1.807, 2.05) is 0 Å². The van der Waals surface area contributed by atoms with Crippen molar-refractivity contribution in [3.05, 3.63) is 33.8 Å². The first kappa shape index (κ1) is 15.1. The summed E-state index contributed by atoms with van der Waals surface area (Å²) in [6.07, 6.45) is 1.35. The van der Waals surface area contributed by atoms with Crippen LogP contribution >= 0.6 is 23.2 Å². The number of carbonyl (C=O) groups is 1. The first-order valence-corrected chi connectivity index (χ1v) is 7.88. The number of alkyl halides is 1. The number of hydrogen-bond acceptors (Lipinski definition) is 2. The van der Waals surface area contributed by atoms with Gasteiger partial charge in [0.15, 0.2) is 0 Å². The van der Waals surface area contributed by atoms with Crippen LogP contribution in [0, 0.1) is 0 Å². The number of benzene rings is 1. The molecule has 0 spiro atoms. The Morgan fingerprint density at radius 3 is 2.43 bits per heavy atom. The van der Waals surface area contributed by atoms with Crippen LogP contribution in [0.2, 0.25) is 10.0 Å². The van der Waals surface area contributed by atoms with E-state index in [1.165, 1.54) is 0 Å². The lowest BCUT2D eigenvalue weighted by atomic mass is 10.1. The van der Waals surface area contributed by atoms with Crippen LogP contribution in [0.1, 0.15) is 23.2 Å². The Morgan fingerprint density at radius 1 is 1.19 bits per heavy atom. The zero-order chi connectivity index (χ0) is 15.0. The van der Waals surface area contributed by atoms with Crippen LogP contribution in [0.4, 0.5) is 4.39 Å². The molecule has 3 rings (SSSR count). The number of rotatable bonds is 3. The summed E-state index contributed by atoms with van der Waals surface area (Å²) in [6, 6.07) is 4.89. The largest absolute Gasteiger partial charge is 0.336 e. The Morgan fingerprint density at radius 2 is 1.86 bits per heavy atom. The Labute approximate surface area is 133 Å². The highest BCUT2D eigenvalue weighted by atomic mass is 35.5. The second-order valence-electron chi connectivity index (χ2n) is 5.84. The van der Waals surface area contributed by atoms with Crippen molar-refractivity contribution >= 4 is 29.1 Å². The predicted molar refractivity (Wildman–Crippen MR) is 81.9 cm³/mol. The van der Waals surface area contributed by atoms with Gasteiger partial charge >= 0.3 is 0 Å². The van der Waals surface area contributed by atoms with Gasteiger partial charge in [0.25, 0.3) is 5.91 Å². The van der Waals surface area contributed by atoms with E-state index in [2.05, 4.69) is 4.90 Å². The number of amides is 1. The topological polar surface area (TPSA) is 23.6 Å². The number of piperazine rings is 1. The van der Waals surface area contributed by atoms with Gasteiger partial charge in [-0.3, -0.25) is 9.69 Å². The number of nitrogens with zero attached hydrogens (tertiary/aromatic N) is 2. The molecule has 114 valence electrons. The van der Waals surface area contributed by atoms with Crippen LogP contribution in [0.25, 0.3) is 0 Å². The predicted octanol–water partition coefficient (Wildman–Crippen LogP) is 3.25. The van der Waals surface area contributed by atoms with Gasteiger partial charge in [0.2, 0.25) is 0 Å². The first-order chi connectivity index (χ1) is 9.97. The van der Waals surface area contributed by atoms with Crippen LogP contribution in [-0.4, -0.2) is 54.1 Å². The molecule has 0 unspecified atom stereocenters. The second-order valence-corrected chi connectivity index (χ2v) is 6.69. The fraction of sp³-hybridized carbons (Fsp3) is 0.533. The Balaban J connectivity index is 1.59. The molecule has 0 radical (unpaired) electrons. The number of hydrogen-bond donors (Lipinski definition) is 0. The second kappa shape index (κ2) is 5.75. The van der Waals surface area contributed by atoms with Crippen molar-refractivity contribution in [3.8, 4) is 0 Å². The maximum Gasteiger partial charge on any atom is 0.255 e. The molecule has 0 N–H and O–H groups in total. The van der Waals surface area contributed by atoms with E-state index in [0.717, 1.165) is 0 Å². The van der Waals surface area contributed by atoms with Crippen molar-refractivity contribution in [2.75, 3.05) is 32.7 Å². The van der Waals surface area contributed by atoms with Gasteiger partial charge in [-0.15, -0.1) is 0 Å². The van der Waals surface area contributed by atoms with Gasteiger partial charge in [0.05, 0.1) is 10.6 Å². The third kappa shape index (κ3) is 3.50. The summed E-state index contributed by atoms with van der Waals surface area (Å²) < 4.78 is 13.7.